The number of esters is 1. The highest BCUT2D eigenvalue weighted by Crippen LogP contribution is 2.73. The quantitative estimate of drug-likeness (QED) is 0.506. The van der Waals surface area contributed by atoms with Crippen molar-refractivity contribution in [2.45, 2.75) is 90.4 Å². The van der Waals surface area contributed by atoms with Gasteiger partial charge in [-0.15, -0.1) is 0 Å². The second-order valence-electron chi connectivity index (χ2n) is 12.4. The summed E-state index contributed by atoms with van der Waals surface area (Å²) in [5.41, 5.74) is 1.25. The number of hydrogen-bond acceptors (Lipinski definition) is 5. The maximum Gasteiger partial charge on any atom is 0.333 e. The molecule has 3 saturated carbocycles. The lowest BCUT2D eigenvalue weighted by molar-refractivity contribution is -0.155. The zero-order valence-electron chi connectivity index (χ0n) is 20.4. The van der Waals surface area contributed by atoms with Crippen LogP contribution in [0.15, 0.2) is 23.3 Å². The summed E-state index contributed by atoms with van der Waals surface area (Å²) < 4.78 is 12.2. The van der Waals surface area contributed by atoms with Crippen molar-refractivity contribution >= 4 is 11.8 Å². The summed E-state index contributed by atoms with van der Waals surface area (Å²) in [6, 6.07) is 0. The van der Waals surface area contributed by atoms with Crippen molar-refractivity contribution in [2.75, 3.05) is 6.61 Å². The van der Waals surface area contributed by atoms with Crippen LogP contribution < -0.4 is 0 Å². The van der Waals surface area contributed by atoms with Crippen molar-refractivity contribution in [1.82, 2.24) is 0 Å². The van der Waals surface area contributed by atoms with E-state index in [1.807, 2.05) is 26.0 Å². The zero-order chi connectivity index (χ0) is 23.3. The van der Waals surface area contributed by atoms with Crippen LogP contribution in [0.25, 0.3) is 0 Å². The van der Waals surface area contributed by atoms with Crippen molar-refractivity contribution in [1.29, 1.82) is 0 Å². The third-order valence-electron chi connectivity index (χ3n) is 11.6. The molecule has 10 atom stereocenters. The number of hydrogen-bond donors (Lipinski definition) is 1. The van der Waals surface area contributed by atoms with Crippen LogP contribution in [0.2, 0.25) is 0 Å². The molecule has 5 nitrogen and oxygen atoms in total. The number of rotatable bonds is 3. The largest absolute Gasteiger partial charge is 0.458 e. The number of aliphatic hydroxyl groups excluding tert-OH is 1. The average Bonchev–Trinajstić information content (AvgIpc) is 3.38. The van der Waals surface area contributed by atoms with Gasteiger partial charge in [-0.1, -0.05) is 18.6 Å². The topological polar surface area (TPSA) is 76.1 Å². The van der Waals surface area contributed by atoms with E-state index in [4.69, 9.17) is 9.47 Å². The van der Waals surface area contributed by atoms with Gasteiger partial charge in [0.15, 0.2) is 5.78 Å². The Morgan fingerprint density at radius 2 is 1.94 bits per heavy atom. The summed E-state index contributed by atoms with van der Waals surface area (Å²) in [6.45, 7) is 8.53. The minimum atomic E-state index is -0.399. The fourth-order valence-corrected chi connectivity index (χ4v) is 9.49. The molecule has 0 amide bonds. The predicted molar refractivity (Wildman–Crippen MR) is 123 cm³/mol. The van der Waals surface area contributed by atoms with Gasteiger partial charge in [0.2, 0.25) is 0 Å². The van der Waals surface area contributed by atoms with E-state index >= 15 is 0 Å². The van der Waals surface area contributed by atoms with Gasteiger partial charge in [0.25, 0.3) is 0 Å². The molecule has 5 heteroatoms. The molecule has 0 aromatic rings. The highest BCUT2D eigenvalue weighted by Gasteiger charge is 2.77. The van der Waals surface area contributed by atoms with E-state index in [1.54, 1.807) is 0 Å². The molecule has 1 spiro atoms. The number of carbonyl (C=O) groups is 2. The van der Waals surface area contributed by atoms with E-state index in [2.05, 4.69) is 13.8 Å². The molecule has 0 bridgehead atoms. The Labute approximate surface area is 197 Å². The molecule has 1 saturated heterocycles. The number of epoxide rings is 1. The van der Waals surface area contributed by atoms with Gasteiger partial charge < -0.3 is 14.6 Å². The molecule has 2 heterocycles. The Hall–Kier alpha value is -1.46. The van der Waals surface area contributed by atoms with E-state index in [1.165, 1.54) is 0 Å². The van der Waals surface area contributed by atoms with Crippen LogP contribution in [-0.2, 0) is 19.1 Å². The van der Waals surface area contributed by atoms with E-state index in [-0.39, 0.29) is 47.5 Å². The number of carbonyl (C=O) groups excluding carboxylic acids is 2. The smallest absolute Gasteiger partial charge is 0.333 e. The maximum atomic E-state index is 13.3. The first-order valence-corrected chi connectivity index (χ1v) is 13.0. The molecule has 1 N–H and O–H groups in total. The zero-order valence-corrected chi connectivity index (χ0v) is 20.4. The molecule has 33 heavy (non-hydrogen) atoms. The van der Waals surface area contributed by atoms with Crippen LogP contribution in [0.5, 0.6) is 0 Å². The molecule has 0 unspecified atom stereocenters. The fraction of sp³-hybridized carbons (Fsp3) is 0.786. The minimum absolute atomic E-state index is 0.0294. The Kier molecular flexibility index (Phi) is 4.70. The second kappa shape index (κ2) is 7.04. The number of allylic oxidation sites excluding steroid dienone is 1. The average molecular weight is 455 g/mol. The lowest BCUT2D eigenvalue weighted by Gasteiger charge is -2.57. The molecule has 4 aliphatic carbocycles. The Bertz CT molecular complexity index is 965. The van der Waals surface area contributed by atoms with Gasteiger partial charge >= 0.3 is 5.97 Å². The number of ketones is 1. The molecule has 2 aliphatic heterocycles. The number of cyclic esters (lactones) is 1. The number of fused-ring (bicyclic) bond motifs is 4. The maximum absolute atomic E-state index is 13.3. The van der Waals surface area contributed by atoms with Crippen LogP contribution in [0.1, 0.15) is 72.6 Å². The Morgan fingerprint density at radius 1 is 1.15 bits per heavy atom. The second-order valence-corrected chi connectivity index (χ2v) is 12.4. The third kappa shape index (κ3) is 2.67. The molecule has 0 radical (unpaired) electrons. The normalized spacial score (nSPS) is 51.3. The summed E-state index contributed by atoms with van der Waals surface area (Å²) >= 11 is 0. The fourth-order valence-electron chi connectivity index (χ4n) is 9.49. The van der Waals surface area contributed by atoms with Crippen molar-refractivity contribution in [3.8, 4) is 0 Å². The van der Waals surface area contributed by atoms with Crippen LogP contribution in [0.3, 0.4) is 0 Å². The van der Waals surface area contributed by atoms with Gasteiger partial charge in [-0.05, 0) is 94.5 Å². The van der Waals surface area contributed by atoms with Crippen molar-refractivity contribution < 1.29 is 24.2 Å². The summed E-state index contributed by atoms with van der Waals surface area (Å²) in [5, 5.41) is 10.5. The first-order chi connectivity index (χ1) is 15.7. The lowest BCUT2D eigenvalue weighted by atomic mass is 9.44. The Balaban J connectivity index is 1.29. The summed E-state index contributed by atoms with van der Waals surface area (Å²) in [6.07, 6.45) is 10.8. The molecule has 4 fully saturated rings. The van der Waals surface area contributed by atoms with Crippen LogP contribution in [0, 0.1) is 40.4 Å². The first kappa shape index (κ1) is 22.0. The van der Waals surface area contributed by atoms with Gasteiger partial charge in [-0.25, -0.2) is 4.79 Å². The Morgan fingerprint density at radius 3 is 2.67 bits per heavy atom. The lowest BCUT2D eigenvalue weighted by Crippen LogP contribution is -2.60. The molecular weight excluding hydrogens is 416 g/mol. The third-order valence-corrected chi connectivity index (χ3v) is 11.6. The summed E-state index contributed by atoms with van der Waals surface area (Å²) in [4.78, 5) is 25.7. The van der Waals surface area contributed by atoms with Crippen LogP contribution in [0.4, 0.5) is 0 Å². The van der Waals surface area contributed by atoms with Crippen LogP contribution in [-0.4, -0.2) is 41.3 Å². The standard InChI is InChI=1S/C28H38O5/c1-15-12-22(32-25(31)16(15)2)18(14-29)20-8-7-19-17-13-24-28(33-24)10-5-6-23(30)27(28,4)21(17)9-11-26(19,20)3/h5-6,17-22,24,29H,7-14H2,1-4H3/t17-,18-,19-,20+,21-,22+,24+,26-,27-,28+/m0/s1. The van der Waals surface area contributed by atoms with E-state index < -0.39 is 5.41 Å². The van der Waals surface area contributed by atoms with E-state index in [0.29, 0.717) is 29.2 Å². The number of ether oxygens (including phenoxy) is 2. The molecule has 6 aliphatic rings. The predicted octanol–water partition coefficient (Wildman–Crippen LogP) is 4.38. The number of aliphatic hydroxyl groups is 1. The molecule has 0 aromatic heterocycles. The molecule has 6 rings (SSSR count). The first-order valence-electron chi connectivity index (χ1n) is 13.0. The monoisotopic (exact) mass is 454 g/mol. The molecule has 180 valence electrons. The van der Waals surface area contributed by atoms with Crippen molar-refractivity contribution in [3.05, 3.63) is 23.3 Å². The van der Waals surface area contributed by atoms with Gasteiger partial charge in [0.1, 0.15) is 11.7 Å². The highest BCUT2D eigenvalue weighted by molar-refractivity contribution is 5.97. The van der Waals surface area contributed by atoms with E-state index in [0.717, 1.165) is 50.5 Å². The van der Waals surface area contributed by atoms with Crippen LogP contribution >= 0.6 is 0 Å². The molecule has 0 aromatic carbocycles. The summed E-state index contributed by atoms with van der Waals surface area (Å²) in [5.74, 6) is 1.74. The van der Waals surface area contributed by atoms with E-state index in [9.17, 15) is 14.7 Å². The van der Waals surface area contributed by atoms with Crippen molar-refractivity contribution in [3.63, 3.8) is 0 Å². The van der Waals surface area contributed by atoms with Gasteiger partial charge in [-0.2, -0.15) is 0 Å². The molecular formula is C28H38O5. The highest BCUT2D eigenvalue weighted by atomic mass is 16.6. The summed E-state index contributed by atoms with van der Waals surface area (Å²) in [7, 11) is 0. The SMILES string of the molecule is CC1=C(C)C(=O)O[C@@H]([C@@H](CO)[C@H]2CC[C@H]3[C@@H]4C[C@H]5O[C@]56CC=CC(=O)[C@]6(C)[C@H]4CC[C@]23C)C1. The van der Waals surface area contributed by atoms with Gasteiger partial charge in [0, 0.05) is 24.5 Å². The van der Waals surface area contributed by atoms with Crippen molar-refractivity contribution in [2.24, 2.45) is 40.4 Å². The van der Waals surface area contributed by atoms with Gasteiger partial charge in [-0.3, -0.25) is 4.79 Å². The van der Waals surface area contributed by atoms with Gasteiger partial charge in [0.05, 0.1) is 11.5 Å². The minimum Gasteiger partial charge on any atom is -0.458 e.